The van der Waals surface area contributed by atoms with Gasteiger partial charge >= 0.3 is 0 Å². The molecule has 2 aromatic rings. The molecule has 1 heterocycles. The summed E-state index contributed by atoms with van der Waals surface area (Å²) in [7, 11) is 1.63. The Morgan fingerprint density at radius 2 is 2.12 bits per heavy atom. The summed E-state index contributed by atoms with van der Waals surface area (Å²) >= 11 is 0. The number of hydrogen-bond donors (Lipinski definition) is 1. The quantitative estimate of drug-likeness (QED) is 0.842. The number of methoxy groups -OCH3 is 1. The van der Waals surface area contributed by atoms with Gasteiger partial charge in [-0.05, 0) is 37.5 Å². The van der Waals surface area contributed by atoms with E-state index in [2.05, 4.69) is 15.5 Å². The zero-order valence-corrected chi connectivity index (χ0v) is 13.8. The zero-order chi connectivity index (χ0) is 17.2. The Bertz CT molecular complexity index is 710. The summed E-state index contributed by atoms with van der Waals surface area (Å²) in [5.41, 5.74) is 0.314. The van der Waals surface area contributed by atoms with Crippen molar-refractivity contribution in [1.82, 2.24) is 20.1 Å². The molecule has 0 saturated heterocycles. The molecular formula is C17H21FN4O2. The minimum atomic E-state index is -0.542. The van der Waals surface area contributed by atoms with E-state index in [1.165, 1.54) is 12.1 Å². The Morgan fingerprint density at radius 1 is 1.42 bits per heavy atom. The van der Waals surface area contributed by atoms with Crippen LogP contribution >= 0.6 is 0 Å². The van der Waals surface area contributed by atoms with Crippen LogP contribution in [-0.4, -0.2) is 34.4 Å². The summed E-state index contributed by atoms with van der Waals surface area (Å²) in [6.45, 7) is 3.05. The molecule has 1 saturated carbocycles. The third kappa shape index (κ3) is 3.17. The van der Waals surface area contributed by atoms with Gasteiger partial charge in [0.2, 0.25) is 5.91 Å². The highest BCUT2D eigenvalue weighted by Gasteiger charge is 2.51. The van der Waals surface area contributed by atoms with Crippen LogP contribution in [0.25, 0.3) is 0 Å². The molecule has 1 aliphatic carbocycles. The number of carbonyl (C=O) groups is 1. The fourth-order valence-corrected chi connectivity index (χ4v) is 2.90. The van der Waals surface area contributed by atoms with Gasteiger partial charge in [-0.2, -0.15) is 0 Å². The highest BCUT2D eigenvalue weighted by atomic mass is 19.1. The summed E-state index contributed by atoms with van der Waals surface area (Å²) in [4.78, 5) is 12.8. The number of aromatic nitrogens is 3. The standard InChI is InChI=1S/C17H21FN4O2/c1-12(15-21-19-11-22(15)9-10-24-2)20-16(23)17(7-8-17)13-3-5-14(18)6-4-13/h3-6,11-12H,7-10H2,1-2H3,(H,20,23). The fraction of sp³-hybridized carbons (Fsp3) is 0.471. The van der Waals surface area contributed by atoms with Crippen LogP contribution in [0.15, 0.2) is 30.6 Å². The number of benzene rings is 1. The first-order valence-electron chi connectivity index (χ1n) is 8.00. The lowest BCUT2D eigenvalue weighted by atomic mass is 9.94. The molecule has 0 aliphatic heterocycles. The molecule has 128 valence electrons. The maximum atomic E-state index is 13.1. The molecule has 0 radical (unpaired) electrons. The Kier molecular flexibility index (Phi) is 4.62. The third-order valence-electron chi connectivity index (χ3n) is 4.50. The normalized spacial score (nSPS) is 16.6. The molecule has 7 heteroatoms. The number of rotatable bonds is 7. The fourth-order valence-electron chi connectivity index (χ4n) is 2.90. The second kappa shape index (κ2) is 6.68. The first-order chi connectivity index (χ1) is 11.6. The Labute approximate surface area is 140 Å². The van der Waals surface area contributed by atoms with E-state index >= 15 is 0 Å². The van der Waals surface area contributed by atoms with Crippen LogP contribution in [0.3, 0.4) is 0 Å². The van der Waals surface area contributed by atoms with E-state index in [0.717, 1.165) is 18.4 Å². The predicted molar refractivity (Wildman–Crippen MR) is 85.8 cm³/mol. The molecule has 0 spiro atoms. The number of ether oxygens (including phenoxy) is 1. The van der Waals surface area contributed by atoms with Gasteiger partial charge in [0.05, 0.1) is 18.1 Å². The number of hydrogen-bond acceptors (Lipinski definition) is 4. The van der Waals surface area contributed by atoms with Gasteiger partial charge in [-0.1, -0.05) is 12.1 Å². The molecule has 1 unspecified atom stereocenters. The molecule has 0 bridgehead atoms. The van der Waals surface area contributed by atoms with Gasteiger partial charge in [-0.3, -0.25) is 4.79 Å². The molecule has 1 atom stereocenters. The van der Waals surface area contributed by atoms with Crippen LogP contribution in [0.4, 0.5) is 4.39 Å². The van der Waals surface area contributed by atoms with Crippen molar-refractivity contribution in [2.24, 2.45) is 0 Å². The maximum absolute atomic E-state index is 13.1. The average molecular weight is 332 g/mol. The molecule has 1 N–H and O–H groups in total. The second-order valence-corrected chi connectivity index (χ2v) is 6.16. The topological polar surface area (TPSA) is 69.0 Å². The van der Waals surface area contributed by atoms with Crippen LogP contribution in [0, 0.1) is 5.82 Å². The van der Waals surface area contributed by atoms with Crippen LogP contribution in [0.5, 0.6) is 0 Å². The Balaban J connectivity index is 1.70. The summed E-state index contributed by atoms with van der Waals surface area (Å²) in [6, 6.07) is 5.90. The van der Waals surface area contributed by atoms with Crippen molar-refractivity contribution in [3.05, 3.63) is 47.8 Å². The Morgan fingerprint density at radius 3 is 2.75 bits per heavy atom. The molecule has 3 rings (SSSR count). The minimum Gasteiger partial charge on any atom is -0.383 e. The van der Waals surface area contributed by atoms with E-state index in [1.807, 2.05) is 11.5 Å². The molecule has 1 amide bonds. The number of amides is 1. The van der Waals surface area contributed by atoms with Gasteiger partial charge in [0, 0.05) is 13.7 Å². The van der Waals surface area contributed by atoms with E-state index in [0.29, 0.717) is 19.0 Å². The van der Waals surface area contributed by atoms with Crippen molar-refractivity contribution in [3.63, 3.8) is 0 Å². The SMILES string of the molecule is COCCn1cnnc1C(C)NC(=O)C1(c2ccc(F)cc2)CC1. The van der Waals surface area contributed by atoms with Crippen LogP contribution in [0.1, 0.15) is 37.2 Å². The van der Waals surface area contributed by atoms with Crippen LogP contribution in [-0.2, 0) is 21.5 Å². The monoisotopic (exact) mass is 332 g/mol. The third-order valence-corrected chi connectivity index (χ3v) is 4.50. The molecule has 1 aromatic carbocycles. The average Bonchev–Trinajstić information content (AvgIpc) is 3.25. The van der Waals surface area contributed by atoms with E-state index in [9.17, 15) is 9.18 Å². The van der Waals surface area contributed by atoms with Crippen LogP contribution in [0.2, 0.25) is 0 Å². The highest BCUT2D eigenvalue weighted by Crippen LogP contribution is 2.48. The number of nitrogens with one attached hydrogen (secondary N) is 1. The van der Waals surface area contributed by atoms with Gasteiger partial charge in [-0.15, -0.1) is 10.2 Å². The van der Waals surface area contributed by atoms with Gasteiger partial charge in [0.1, 0.15) is 12.1 Å². The van der Waals surface area contributed by atoms with Crippen molar-refractivity contribution in [3.8, 4) is 0 Å². The number of carbonyl (C=O) groups excluding carboxylic acids is 1. The number of nitrogens with zero attached hydrogens (tertiary/aromatic N) is 3. The number of halogens is 1. The van der Waals surface area contributed by atoms with Crippen LogP contribution < -0.4 is 5.32 Å². The Hall–Kier alpha value is -2.28. The molecule has 24 heavy (non-hydrogen) atoms. The summed E-state index contributed by atoms with van der Waals surface area (Å²) in [6.07, 6.45) is 3.17. The van der Waals surface area contributed by atoms with Gasteiger partial charge < -0.3 is 14.6 Å². The lowest BCUT2D eigenvalue weighted by Crippen LogP contribution is -2.37. The smallest absolute Gasteiger partial charge is 0.231 e. The summed E-state index contributed by atoms with van der Waals surface area (Å²) in [5, 5.41) is 11.0. The molecule has 1 aromatic heterocycles. The lowest BCUT2D eigenvalue weighted by molar-refractivity contribution is -0.124. The lowest BCUT2D eigenvalue weighted by Gasteiger charge is -2.20. The summed E-state index contributed by atoms with van der Waals surface area (Å²) in [5.74, 6) is 0.341. The largest absolute Gasteiger partial charge is 0.383 e. The van der Waals surface area contributed by atoms with Gasteiger partial charge in [0.15, 0.2) is 5.82 Å². The zero-order valence-electron chi connectivity index (χ0n) is 13.8. The van der Waals surface area contributed by atoms with Gasteiger partial charge in [0.25, 0.3) is 0 Å². The van der Waals surface area contributed by atoms with E-state index in [-0.39, 0.29) is 17.8 Å². The molecule has 1 aliphatic rings. The first kappa shape index (κ1) is 16.6. The van der Waals surface area contributed by atoms with Crippen molar-refractivity contribution in [2.45, 2.75) is 37.8 Å². The molecular weight excluding hydrogens is 311 g/mol. The minimum absolute atomic E-state index is 0.0529. The second-order valence-electron chi connectivity index (χ2n) is 6.16. The predicted octanol–water partition coefficient (Wildman–Crippen LogP) is 1.97. The highest BCUT2D eigenvalue weighted by molar-refractivity contribution is 5.91. The summed E-state index contributed by atoms with van der Waals surface area (Å²) < 4.78 is 20.0. The van der Waals surface area contributed by atoms with Gasteiger partial charge in [-0.25, -0.2) is 4.39 Å². The molecule has 6 nitrogen and oxygen atoms in total. The van der Waals surface area contributed by atoms with E-state index < -0.39 is 5.41 Å². The van der Waals surface area contributed by atoms with Crippen molar-refractivity contribution in [1.29, 1.82) is 0 Å². The molecule has 1 fully saturated rings. The van der Waals surface area contributed by atoms with E-state index in [4.69, 9.17) is 4.74 Å². The van der Waals surface area contributed by atoms with Crippen molar-refractivity contribution in [2.75, 3.05) is 13.7 Å². The van der Waals surface area contributed by atoms with Crippen molar-refractivity contribution >= 4 is 5.91 Å². The van der Waals surface area contributed by atoms with Crippen molar-refractivity contribution < 1.29 is 13.9 Å². The maximum Gasteiger partial charge on any atom is 0.231 e. The first-order valence-corrected chi connectivity index (χ1v) is 8.00. The van der Waals surface area contributed by atoms with E-state index in [1.54, 1.807) is 25.6 Å².